The van der Waals surface area contributed by atoms with Gasteiger partial charge in [-0.05, 0) is 13.8 Å². The fourth-order valence-electron chi connectivity index (χ4n) is 0.715. The summed E-state index contributed by atoms with van der Waals surface area (Å²) in [6.07, 6.45) is 0.806. The largest absolute Gasteiger partial charge is 0.448 e. The summed E-state index contributed by atoms with van der Waals surface area (Å²) in [4.78, 5) is 3.80. The summed E-state index contributed by atoms with van der Waals surface area (Å²) in [6.45, 7) is 3.43. The lowest BCUT2D eigenvalue weighted by Gasteiger charge is -1.96. The van der Waals surface area contributed by atoms with Crippen molar-refractivity contribution in [1.82, 2.24) is 4.98 Å². The molecule has 0 bridgehead atoms. The Kier molecular flexibility index (Phi) is 1.53. The number of aryl methyl sites for hydroxylation is 1. The van der Waals surface area contributed by atoms with Crippen molar-refractivity contribution in [3.63, 3.8) is 0 Å². The highest BCUT2D eigenvalue weighted by Gasteiger charge is 2.07. The fraction of sp³-hybridized carbons (Fsp3) is 0.500. The van der Waals surface area contributed by atoms with Gasteiger partial charge < -0.3 is 9.52 Å². The Balaban J connectivity index is 2.94. The van der Waals surface area contributed by atoms with E-state index >= 15 is 0 Å². The molecule has 50 valence electrons. The van der Waals surface area contributed by atoms with Gasteiger partial charge in [0, 0.05) is 0 Å². The molecule has 1 N–H and O–H groups in total. The van der Waals surface area contributed by atoms with E-state index in [0.29, 0.717) is 11.5 Å². The van der Waals surface area contributed by atoms with Crippen LogP contribution in [-0.4, -0.2) is 10.1 Å². The van der Waals surface area contributed by atoms with Crippen LogP contribution in [0.5, 0.6) is 0 Å². The predicted molar refractivity (Wildman–Crippen MR) is 31.9 cm³/mol. The maximum atomic E-state index is 8.97. The minimum atomic E-state index is -0.524. The SMILES string of the molecule is Cc1ocnc1C(C)O. The van der Waals surface area contributed by atoms with Gasteiger partial charge in [0.25, 0.3) is 0 Å². The zero-order valence-electron chi connectivity index (χ0n) is 5.46. The zero-order valence-corrected chi connectivity index (χ0v) is 5.46. The molecule has 9 heavy (non-hydrogen) atoms. The van der Waals surface area contributed by atoms with E-state index in [1.807, 2.05) is 0 Å². The molecule has 0 aliphatic heterocycles. The molecule has 0 amide bonds. The molecule has 1 aromatic heterocycles. The van der Waals surface area contributed by atoms with Crippen LogP contribution in [0.1, 0.15) is 24.5 Å². The maximum Gasteiger partial charge on any atom is 0.181 e. The highest BCUT2D eigenvalue weighted by atomic mass is 16.3. The number of hydrogen-bond acceptors (Lipinski definition) is 3. The fourth-order valence-corrected chi connectivity index (χ4v) is 0.715. The Hall–Kier alpha value is -0.830. The van der Waals surface area contributed by atoms with Crippen LogP contribution in [-0.2, 0) is 0 Å². The van der Waals surface area contributed by atoms with Crippen LogP contribution >= 0.6 is 0 Å². The van der Waals surface area contributed by atoms with Crippen LogP contribution < -0.4 is 0 Å². The van der Waals surface area contributed by atoms with Gasteiger partial charge in [-0.3, -0.25) is 0 Å². The molecule has 3 nitrogen and oxygen atoms in total. The van der Waals surface area contributed by atoms with Crippen molar-refractivity contribution in [2.75, 3.05) is 0 Å². The van der Waals surface area contributed by atoms with Gasteiger partial charge in [0.05, 0.1) is 6.10 Å². The minimum Gasteiger partial charge on any atom is -0.448 e. The molecule has 0 aliphatic carbocycles. The molecule has 3 heteroatoms. The summed E-state index contributed by atoms with van der Waals surface area (Å²) in [6, 6.07) is 0. The first-order valence-corrected chi connectivity index (χ1v) is 2.80. The van der Waals surface area contributed by atoms with Crippen molar-refractivity contribution in [1.29, 1.82) is 0 Å². The average Bonchev–Trinajstić information content (AvgIpc) is 2.13. The second-order valence-corrected chi connectivity index (χ2v) is 1.97. The zero-order chi connectivity index (χ0) is 6.85. The van der Waals surface area contributed by atoms with Crippen LogP contribution in [0.2, 0.25) is 0 Å². The molecule has 1 unspecified atom stereocenters. The molecule has 0 fully saturated rings. The molecule has 1 rings (SSSR count). The monoisotopic (exact) mass is 127 g/mol. The lowest BCUT2D eigenvalue weighted by atomic mass is 10.2. The number of oxazole rings is 1. The van der Waals surface area contributed by atoms with Gasteiger partial charge in [-0.25, -0.2) is 4.98 Å². The second-order valence-electron chi connectivity index (χ2n) is 1.97. The minimum absolute atomic E-state index is 0.524. The van der Waals surface area contributed by atoms with Crippen LogP contribution in [0.4, 0.5) is 0 Å². The van der Waals surface area contributed by atoms with Gasteiger partial charge in [-0.2, -0.15) is 0 Å². The van der Waals surface area contributed by atoms with E-state index in [9.17, 15) is 0 Å². The summed E-state index contributed by atoms with van der Waals surface area (Å²) in [5.41, 5.74) is 0.620. The lowest BCUT2D eigenvalue weighted by Crippen LogP contribution is -1.92. The smallest absolute Gasteiger partial charge is 0.181 e. The standard InChI is InChI=1S/C6H9NO2/c1-4(8)6-5(2)9-3-7-6/h3-4,8H,1-2H3. The maximum absolute atomic E-state index is 8.97. The third-order valence-electron chi connectivity index (χ3n) is 1.18. The first-order chi connectivity index (χ1) is 4.22. The van der Waals surface area contributed by atoms with Crippen molar-refractivity contribution in [2.45, 2.75) is 20.0 Å². The summed E-state index contributed by atoms with van der Waals surface area (Å²) in [7, 11) is 0. The van der Waals surface area contributed by atoms with E-state index in [4.69, 9.17) is 9.52 Å². The van der Waals surface area contributed by atoms with Crippen molar-refractivity contribution in [3.8, 4) is 0 Å². The highest BCUT2D eigenvalue weighted by molar-refractivity contribution is 5.06. The number of nitrogens with zero attached hydrogens (tertiary/aromatic N) is 1. The van der Waals surface area contributed by atoms with Gasteiger partial charge in [-0.15, -0.1) is 0 Å². The third-order valence-corrected chi connectivity index (χ3v) is 1.18. The highest BCUT2D eigenvalue weighted by Crippen LogP contribution is 2.13. The molecule has 1 atom stereocenters. The van der Waals surface area contributed by atoms with Crippen molar-refractivity contribution in [2.24, 2.45) is 0 Å². The van der Waals surface area contributed by atoms with E-state index in [-0.39, 0.29) is 0 Å². The Labute approximate surface area is 53.3 Å². The van der Waals surface area contributed by atoms with Gasteiger partial charge >= 0.3 is 0 Å². The first kappa shape index (κ1) is 6.29. The van der Waals surface area contributed by atoms with Gasteiger partial charge in [0.2, 0.25) is 0 Å². The molecular formula is C6H9NO2. The topological polar surface area (TPSA) is 46.3 Å². The third kappa shape index (κ3) is 1.10. The molecular weight excluding hydrogens is 118 g/mol. The van der Waals surface area contributed by atoms with Crippen LogP contribution in [0.15, 0.2) is 10.8 Å². The number of aliphatic hydroxyl groups is 1. The number of rotatable bonds is 1. The van der Waals surface area contributed by atoms with Crippen molar-refractivity contribution >= 4 is 0 Å². The summed E-state index contributed by atoms with van der Waals surface area (Å²) in [5, 5.41) is 8.97. The Morgan fingerprint density at radius 1 is 1.78 bits per heavy atom. The molecule has 0 radical (unpaired) electrons. The molecule has 0 aliphatic rings. The molecule has 1 heterocycles. The van der Waals surface area contributed by atoms with Crippen molar-refractivity contribution < 1.29 is 9.52 Å². The number of aliphatic hydroxyl groups excluding tert-OH is 1. The van der Waals surface area contributed by atoms with E-state index in [0.717, 1.165) is 0 Å². The van der Waals surface area contributed by atoms with E-state index in [1.165, 1.54) is 6.39 Å². The number of hydrogen-bond donors (Lipinski definition) is 1. The second kappa shape index (κ2) is 2.19. The van der Waals surface area contributed by atoms with Gasteiger partial charge in [0.1, 0.15) is 11.5 Å². The predicted octanol–water partition coefficient (Wildman–Crippen LogP) is 1.04. The Morgan fingerprint density at radius 3 is 2.67 bits per heavy atom. The Bertz CT molecular complexity index is 193. The summed E-state index contributed by atoms with van der Waals surface area (Å²) < 4.78 is 4.85. The molecule has 0 aromatic carbocycles. The van der Waals surface area contributed by atoms with E-state index in [1.54, 1.807) is 13.8 Å². The lowest BCUT2D eigenvalue weighted by molar-refractivity contribution is 0.193. The molecule has 0 spiro atoms. The molecule has 0 saturated heterocycles. The van der Waals surface area contributed by atoms with Gasteiger partial charge in [0.15, 0.2) is 6.39 Å². The van der Waals surface area contributed by atoms with E-state index < -0.39 is 6.10 Å². The average molecular weight is 127 g/mol. The van der Waals surface area contributed by atoms with Crippen LogP contribution in [0, 0.1) is 6.92 Å². The number of aromatic nitrogens is 1. The van der Waals surface area contributed by atoms with E-state index in [2.05, 4.69) is 4.98 Å². The summed E-state index contributed by atoms with van der Waals surface area (Å²) in [5.74, 6) is 0.685. The molecule has 1 aromatic rings. The summed E-state index contributed by atoms with van der Waals surface area (Å²) >= 11 is 0. The Morgan fingerprint density at radius 2 is 2.44 bits per heavy atom. The first-order valence-electron chi connectivity index (χ1n) is 2.80. The molecule has 0 saturated carbocycles. The van der Waals surface area contributed by atoms with Gasteiger partial charge in [-0.1, -0.05) is 0 Å². The van der Waals surface area contributed by atoms with Crippen molar-refractivity contribution in [3.05, 3.63) is 17.8 Å². The van der Waals surface area contributed by atoms with Crippen LogP contribution in [0.3, 0.4) is 0 Å². The van der Waals surface area contributed by atoms with Crippen LogP contribution in [0.25, 0.3) is 0 Å². The quantitative estimate of drug-likeness (QED) is 0.613. The normalized spacial score (nSPS) is 13.7.